The van der Waals surface area contributed by atoms with Gasteiger partial charge >= 0.3 is 0 Å². The lowest BCUT2D eigenvalue weighted by molar-refractivity contribution is 0.242. The fourth-order valence-corrected chi connectivity index (χ4v) is 4.33. The molecule has 21 heavy (non-hydrogen) atoms. The van der Waals surface area contributed by atoms with Gasteiger partial charge in [-0.1, -0.05) is 85.3 Å². The maximum Gasteiger partial charge on any atom is -0.0172 e. The van der Waals surface area contributed by atoms with Crippen LogP contribution in [0.1, 0.15) is 99.8 Å². The van der Waals surface area contributed by atoms with E-state index in [4.69, 9.17) is 0 Å². The summed E-state index contributed by atoms with van der Waals surface area (Å²) in [5, 5.41) is 0. The van der Waals surface area contributed by atoms with Gasteiger partial charge in [0.15, 0.2) is 0 Å². The van der Waals surface area contributed by atoms with Gasteiger partial charge in [-0.3, -0.25) is 0 Å². The van der Waals surface area contributed by atoms with E-state index in [0.29, 0.717) is 0 Å². The maximum atomic E-state index is 2.64. The Morgan fingerprint density at radius 1 is 0.952 bits per heavy atom. The Hall–Kier alpha value is -0.260. The smallest absolute Gasteiger partial charge is 0.0172 e. The molecular weight excluding hydrogens is 252 g/mol. The minimum atomic E-state index is 0.900. The normalized spacial score (nSPS) is 25.6. The molecule has 1 fully saturated rings. The minimum Gasteiger partial charge on any atom is -0.0819 e. The SMILES string of the molecule is CC.CC.CCC(CC)C1C=C(C)[C@H](C2CCCCC2)C1. The Morgan fingerprint density at radius 2 is 1.48 bits per heavy atom. The van der Waals surface area contributed by atoms with Crippen molar-refractivity contribution in [3.8, 4) is 0 Å². The zero-order valence-electron chi connectivity index (χ0n) is 16.0. The van der Waals surface area contributed by atoms with E-state index in [-0.39, 0.29) is 0 Å². The van der Waals surface area contributed by atoms with E-state index < -0.39 is 0 Å². The first-order valence-electron chi connectivity index (χ1n) is 9.94. The third-order valence-electron chi connectivity index (χ3n) is 5.46. The van der Waals surface area contributed by atoms with Gasteiger partial charge in [0.25, 0.3) is 0 Å². The molecule has 1 saturated carbocycles. The van der Waals surface area contributed by atoms with Gasteiger partial charge in [-0.2, -0.15) is 0 Å². The van der Waals surface area contributed by atoms with Crippen molar-refractivity contribution in [2.45, 2.75) is 99.8 Å². The van der Waals surface area contributed by atoms with Crippen LogP contribution in [-0.4, -0.2) is 0 Å². The van der Waals surface area contributed by atoms with E-state index in [9.17, 15) is 0 Å². The second-order valence-electron chi connectivity index (χ2n) is 6.39. The molecule has 1 unspecified atom stereocenters. The lowest BCUT2D eigenvalue weighted by atomic mass is 9.75. The van der Waals surface area contributed by atoms with Crippen molar-refractivity contribution in [2.24, 2.45) is 23.7 Å². The van der Waals surface area contributed by atoms with Gasteiger partial charge in [-0.05, 0) is 49.9 Å². The number of hydrogen-bond acceptors (Lipinski definition) is 0. The average molecular weight is 295 g/mol. The molecule has 0 aromatic heterocycles. The molecule has 0 heterocycles. The van der Waals surface area contributed by atoms with Crippen LogP contribution in [0.4, 0.5) is 0 Å². The largest absolute Gasteiger partial charge is 0.0819 e. The molecule has 0 nitrogen and oxygen atoms in total. The summed E-state index contributed by atoms with van der Waals surface area (Å²) in [6, 6.07) is 0. The molecule has 126 valence electrons. The molecule has 2 rings (SSSR count). The summed E-state index contributed by atoms with van der Waals surface area (Å²) in [6.07, 6.45) is 14.3. The highest BCUT2D eigenvalue weighted by molar-refractivity contribution is 5.15. The first-order chi connectivity index (χ1) is 10.3. The molecule has 2 aliphatic rings. The van der Waals surface area contributed by atoms with Crippen LogP contribution in [0.5, 0.6) is 0 Å². The van der Waals surface area contributed by atoms with Crippen molar-refractivity contribution in [3.05, 3.63) is 11.6 Å². The molecule has 0 spiro atoms. The van der Waals surface area contributed by atoms with Crippen LogP contribution in [0.3, 0.4) is 0 Å². The lowest BCUT2D eigenvalue weighted by Crippen LogP contribution is -2.19. The van der Waals surface area contributed by atoms with Crippen molar-refractivity contribution in [1.82, 2.24) is 0 Å². The average Bonchev–Trinajstić information content (AvgIpc) is 2.95. The first-order valence-corrected chi connectivity index (χ1v) is 9.94. The summed E-state index contributed by atoms with van der Waals surface area (Å²) in [4.78, 5) is 0. The molecule has 0 bridgehead atoms. The third kappa shape index (κ3) is 6.17. The molecule has 0 heteroatoms. The highest BCUT2D eigenvalue weighted by atomic mass is 14.4. The summed E-state index contributed by atoms with van der Waals surface area (Å²) in [5.41, 5.74) is 1.73. The topological polar surface area (TPSA) is 0 Å². The quantitative estimate of drug-likeness (QED) is 0.467. The van der Waals surface area contributed by atoms with E-state index in [0.717, 1.165) is 23.7 Å². The van der Waals surface area contributed by atoms with Gasteiger partial charge in [-0.15, -0.1) is 0 Å². The molecule has 2 atom stereocenters. The molecular formula is C21H42. The molecule has 0 N–H and O–H groups in total. The summed E-state index contributed by atoms with van der Waals surface area (Å²) in [5.74, 6) is 3.82. The zero-order chi connectivity index (χ0) is 16.3. The number of rotatable bonds is 4. The van der Waals surface area contributed by atoms with Crippen LogP contribution < -0.4 is 0 Å². The molecule has 2 aliphatic carbocycles. The van der Waals surface area contributed by atoms with Crippen molar-refractivity contribution >= 4 is 0 Å². The monoisotopic (exact) mass is 294 g/mol. The molecule has 0 radical (unpaired) electrons. The van der Waals surface area contributed by atoms with Crippen LogP contribution in [-0.2, 0) is 0 Å². The van der Waals surface area contributed by atoms with Crippen molar-refractivity contribution in [2.75, 3.05) is 0 Å². The Bertz CT molecular complexity index is 253. The summed E-state index contributed by atoms with van der Waals surface area (Å²) >= 11 is 0. The van der Waals surface area contributed by atoms with Crippen LogP contribution in [0, 0.1) is 23.7 Å². The van der Waals surface area contributed by atoms with E-state index in [1.165, 1.54) is 51.4 Å². The second kappa shape index (κ2) is 12.3. The van der Waals surface area contributed by atoms with Crippen LogP contribution in [0.25, 0.3) is 0 Å². The molecule has 0 amide bonds. The van der Waals surface area contributed by atoms with Gasteiger partial charge in [-0.25, -0.2) is 0 Å². The Kier molecular flexibility index (Phi) is 12.1. The fraction of sp³-hybridized carbons (Fsp3) is 0.905. The predicted octanol–water partition coefficient (Wildman–Crippen LogP) is 7.64. The maximum absolute atomic E-state index is 2.64. The van der Waals surface area contributed by atoms with Crippen LogP contribution in [0.15, 0.2) is 11.6 Å². The van der Waals surface area contributed by atoms with Crippen molar-refractivity contribution in [3.63, 3.8) is 0 Å². The highest BCUT2D eigenvalue weighted by Gasteiger charge is 2.33. The van der Waals surface area contributed by atoms with Gasteiger partial charge < -0.3 is 0 Å². The molecule has 0 aromatic carbocycles. The van der Waals surface area contributed by atoms with Gasteiger partial charge in [0, 0.05) is 0 Å². The number of hydrogen-bond donors (Lipinski definition) is 0. The molecule has 0 saturated heterocycles. The fourth-order valence-electron chi connectivity index (χ4n) is 4.33. The second-order valence-corrected chi connectivity index (χ2v) is 6.39. The highest BCUT2D eigenvalue weighted by Crippen LogP contribution is 2.44. The molecule has 0 aromatic rings. The first kappa shape index (κ1) is 20.7. The van der Waals surface area contributed by atoms with Crippen LogP contribution >= 0.6 is 0 Å². The Labute approximate surface area is 135 Å². The van der Waals surface area contributed by atoms with Gasteiger partial charge in [0.05, 0.1) is 0 Å². The van der Waals surface area contributed by atoms with Crippen LogP contribution in [0.2, 0.25) is 0 Å². The van der Waals surface area contributed by atoms with E-state index >= 15 is 0 Å². The Balaban J connectivity index is 0.000000921. The summed E-state index contributed by atoms with van der Waals surface area (Å²) in [6.45, 7) is 15.1. The van der Waals surface area contributed by atoms with Crippen molar-refractivity contribution in [1.29, 1.82) is 0 Å². The lowest BCUT2D eigenvalue weighted by Gasteiger charge is -2.30. The standard InChI is InChI=1S/C17H30.2C2H6/c1-4-14(5-2)16-11-13(3)17(12-16)15-9-7-6-8-10-15;2*1-2/h11,14-17H,4-10,12H2,1-3H3;2*1-2H3/t16?,17-;;/m1../s1. The summed E-state index contributed by atoms with van der Waals surface area (Å²) in [7, 11) is 0. The van der Waals surface area contributed by atoms with E-state index in [2.05, 4.69) is 26.8 Å². The predicted molar refractivity (Wildman–Crippen MR) is 98.7 cm³/mol. The van der Waals surface area contributed by atoms with E-state index in [1.807, 2.05) is 27.7 Å². The third-order valence-corrected chi connectivity index (χ3v) is 5.46. The Morgan fingerprint density at radius 3 is 1.95 bits per heavy atom. The van der Waals surface area contributed by atoms with Crippen molar-refractivity contribution < 1.29 is 0 Å². The molecule has 0 aliphatic heterocycles. The van der Waals surface area contributed by atoms with Gasteiger partial charge in [0.1, 0.15) is 0 Å². The number of allylic oxidation sites excluding steroid dienone is 2. The minimum absolute atomic E-state index is 0.900. The zero-order valence-corrected chi connectivity index (χ0v) is 16.0. The van der Waals surface area contributed by atoms with Gasteiger partial charge in [0.2, 0.25) is 0 Å². The summed E-state index contributed by atoms with van der Waals surface area (Å²) < 4.78 is 0. The van der Waals surface area contributed by atoms with E-state index in [1.54, 1.807) is 5.57 Å².